The Kier molecular flexibility index (Phi) is 6.05. The lowest BCUT2D eigenvalue weighted by Crippen LogP contribution is -2.26. The van der Waals surface area contributed by atoms with E-state index in [1.165, 1.54) is 6.92 Å². The highest BCUT2D eigenvalue weighted by atomic mass is 19.3. The van der Waals surface area contributed by atoms with Crippen molar-refractivity contribution >= 4 is 5.69 Å². The standard InChI is InChI=1S/C14H22F2N2/c1-4-18(5-2)10-12-8-6-7-9-13(12)17-11(3)14(15)16/h6-9,11,14,17H,4-5,10H2,1-3H3. The molecule has 0 heterocycles. The molecule has 1 aromatic carbocycles. The molecule has 18 heavy (non-hydrogen) atoms. The lowest BCUT2D eigenvalue weighted by molar-refractivity contribution is 0.130. The first-order valence-corrected chi connectivity index (χ1v) is 6.43. The molecule has 0 aromatic heterocycles. The van der Waals surface area contributed by atoms with E-state index >= 15 is 0 Å². The Morgan fingerprint density at radius 3 is 2.33 bits per heavy atom. The number of hydrogen-bond acceptors (Lipinski definition) is 2. The fraction of sp³-hybridized carbons (Fsp3) is 0.571. The summed E-state index contributed by atoms with van der Waals surface area (Å²) in [6.45, 7) is 8.39. The molecule has 0 fully saturated rings. The van der Waals surface area contributed by atoms with Crippen molar-refractivity contribution in [1.82, 2.24) is 4.90 Å². The van der Waals surface area contributed by atoms with Crippen molar-refractivity contribution in [3.05, 3.63) is 29.8 Å². The van der Waals surface area contributed by atoms with Crippen LogP contribution in [0.4, 0.5) is 14.5 Å². The zero-order valence-corrected chi connectivity index (χ0v) is 11.3. The van der Waals surface area contributed by atoms with Crippen molar-refractivity contribution in [1.29, 1.82) is 0 Å². The normalized spacial score (nSPS) is 13.1. The molecule has 0 aliphatic rings. The van der Waals surface area contributed by atoms with Crippen LogP contribution >= 0.6 is 0 Å². The van der Waals surface area contributed by atoms with Crippen LogP contribution in [0.5, 0.6) is 0 Å². The van der Waals surface area contributed by atoms with Gasteiger partial charge in [-0.15, -0.1) is 0 Å². The SMILES string of the molecule is CCN(CC)Cc1ccccc1NC(C)C(F)F. The summed E-state index contributed by atoms with van der Waals surface area (Å²) in [4.78, 5) is 2.26. The van der Waals surface area contributed by atoms with E-state index in [1.807, 2.05) is 24.3 Å². The van der Waals surface area contributed by atoms with Crippen molar-refractivity contribution < 1.29 is 8.78 Å². The third kappa shape index (κ3) is 4.26. The monoisotopic (exact) mass is 256 g/mol. The molecule has 0 saturated heterocycles. The molecular formula is C14H22F2N2. The van der Waals surface area contributed by atoms with E-state index in [-0.39, 0.29) is 0 Å². The maximum absolute atomic E-state index is 12.6. The van der Waals surface area contributed by atoms with Gasteiger partial charge < -0.3 is 5.32 Å². The van der Waals surface area contributed by atoms with Crippen molar-refractivity contribution in [3.63, 3.8) is 0 Å². The molecular weight excluding hydrogens is 234 g/mol. The molecule has 102 valence electrons. The van der Waals surface area contributed by atoms with Crippen LogP contribution < -0.4 is 5.32 Å². The van der Waals surface area contributed by atoms with Gasteiger partial charge in [0.1, 0.15) is 0 Å². The van der Waals surface area contributed by atoms with Crippen LogP contribution in [0.25, 0.3) is 0 Å². The summed E-state index contributed by atoms with van der Waals surface area (Å²) >= 11 is 0. The number of nitrogens with zero attached hydrogens (tertiary/aromatic N) is 1. The minimum Gasteiger partial charge on any atom is -0.377 e. The smallest absolute Gasteiger partial charge is 0.258 e. The van der Waals surface area contributed by atoms with Crippen molar-refractivity contribution in [3.8, 4) is 0 Å². The van der Waals surface area contributed by atoms with Crippen LogP contribution in [0.15, 0.2) is 24.3 Å². The topological polar surface area (TPSA) is 15.3 Å². The van der Waals surface area contributed by atoms with Crippen molar-refractivity contribution in [2.75, 3.05) is 18.4 Å². The van der Waals surface area contributed by atoms with E-state index in [2.05, 4.69) is 24.1 Å². The molecule has 0 aliphatic heterocycles. The Labute approximate surface area is 108 Å². The van der Waals surface area contributed by atoms with Crippen LogP contribution in [0.1, 0.15) is 26.3 Å². The van der Waals surface area contributed by atoms with E-state index < -0.39 is 12.5 Å². The van der Waals surface area contributed by atoms with Gasteiger partial charge in [-0.25, -0.2) is 8.78 Å². The van der Waals surface area contributed by atoms with Crippen molar-refractivity contribution in [2.24, 2.45) is 0 Å². The number of nitrogens with one attached hydrogen (secondary N) is 1. The largest absolute Gasteiger partial charge is 0.377 e. The van der Waals surface area contributed by atoms with Gasteiger partial charge in [0, 0.05) is 12.2 Å². The predicted molar refractivity (Wildman–Crippen MR) is 72.2 cm³/mol. The molecule has 2 nitrogen and oxygen atoms in total. The molecule has 0 radical (unpaired) electrons. The molecule has 1 unspecified atom stereocenters. The molecule has 0 spiro atoms. The van der Waals surface area contributed by atoms with E-state index in [1.54, 1.807) is 0 Å². The van der Waals surface area contributed by atoms with E-state index in [4.69, 9.17) is 0 Å². The predicted octanol–water partition coefficient (Wildman–Crippen LogP) is 3.59. The summed E-state index contributed by atoms with van der Waals surface area (Å²) in [6, 6.07) is 6.82. The molecule has 0 saturated carbocycles. The number of rotatable bonds is 7. The quantitative estimate of drug-likeness (QED) is 0.802. The van der Waals surface area contributed by atoms with Crippen LogP contribution in [0, 0.1) is 0 Å². The number of halogens is 2. The van der Waals surface area contributed by atoms with Gasteiger partial charge in [0.15, 0.2) is 0 Å². The first-order valence-electron chi connectivity index (χ1n) is 6.43. The third-order valence-electron chi connectivity index (χ3n) is 3.07. The summed E-state index contributed by atoms with van der Waals surface area (Å²) in [5.74, 6) is 0. The molecule has 0 aliphatic carbocycles. The highest BCUT2D eigenvalue weighted by molar-refractivity contribution is 5.51. The summed E-state index contributed by atoms with van der Waals surface area (Å²) in [6.07, 6.45) is -2.36. The molecule has 0 bridgehead atoms. The molecule has 1 atom stereocenters. The number of alkyl halides is 2. The fourth-order valence-electron chi connectivity index (χ4n) is 1.80. The lowest BCUT2D eigenvalue weighted by atomic mass is 10.1. The summed E-state index contributed by atoms with van der Waals surface area (Å²) < 4.78 is 25.1. The van der Waals surface area contributed by atoms with E-state index in [0.29, 0.717) is 0 Å². The van der Waals surface area contributed by atoms with Gasteiger partial charge in [-0.05, 0) is 31.6 Å². The van der Waals surface area contributed by atoms with E-state index in [9.17, 15) is 8.78 Å². The van der Waals surface area contributed by atoms with Crippen molar-refractivity contribution in [2.45, 2.75) is 39.8 Å². The zero-order valence-electron chi connectivity index (χ0n) is 11.3. The second-order valence-corrected chi connectivity index (χ2v) is 4.39. The molecule has 0 amide bonds. The van der Waals surface area contributed by atoms with Gasteiger partial charge in [0.05, 0.1) is 6.04 Å². The van der Waals surface area contributed by atoms with Gasteiger partial charge in [-0.2, -0.15) is 0 Å². The van der Waals surface area contributed by atoms with Gasteiger partial charge in [0.2, 0.25) is 0 Å². The van der Waals surface area contributed by atoms with Gasteiger partial charge in [0.25, 0.3) is 6.43 Å². The first kappa shape index (κ1) is 14.9. The second kappa shape index (κ2) is 7.31. The Bertz CT molecular complexity index is 328. The van der Waals surface area contributed by atoms with Crippen LogP contribution in [-0.2, 0) is 6.54 Å². The molecule has 1 aromatic rings. The van der Waals surface area contributed by atoms with Crippen LogP contribution in [0.2, 0.25) is 0 Å². The van der Waals surface area contributed by atoms with E-state index in [0.717, 1.165) is 30.9 Å². The summed E-state index contributed by atoms with van der Waals surface area (Å²) in [7, 11) is 0. The molecule has 1 N–H and O–H groups in total. The summed E-state index contributed by atoms with van der Waals surface area (Å²) in [5.41, 5.74) is 1.87. The number of hydrogen-bond donors (Lipinski definition) is 1. The maximum atomic E-state index is 12.6. The second-order valence-electron chi connectivity index (χ2n) is 4.39. The van der Waals surface area contributed by atoms with Gasteiger partial charge in [-0.3, -0.25) is 4.90 Å². The number of benzene rings is 1. The minimum absolute atomic E-state index is 0.784. The zero-order chi connectivity index (χ0) is 13.5. The van der Waals surface area contributed by atoms with Crippen LogP contribution in [-0.4, -0.2) is 30.5 Å². The Morgan fingerprint density at radius 1 is 1.17 bits per heavy atom. The van der Waals surface area contributed by atoms with Gasteiger partial charge >= 0.3 is 0 Å². The number of anilines is 1. The molecule has 1 rings (SSSR count). The van der Waals surface area contributed by atoms with Crippen LogP contribution in [0.3, 0.4) is 0 Å². The first-order chi connectivity index (χ1) is 8.58. The number of para-hydroxylation sites is 1. The molecule has 4 heteroatoms. The fourth-order valence-corrected chi connectivity index (χ4v) is 1.80. The maximum Gasteiger partial charge on any atom is 0.258 e. The Hall–Kier alpha value is -1.16. The highest BCUT2D eigenvalue weighted by Crippen LogP contribution is 2.19. The lowest BCUT2D eigenvalue weighted by Gasteiger charge is -2.22. The minimum atomic E-state index is -2.36. The van der Waals surface area contributed by atoms with Gasteiger partial charge in [-0.1, -0.05) is 32.0 Å². The average Bonchev–Trinajstić information content (AvgIpc) is 2.37. The Balaban J connectivity index is 2.79. The highest BCUT2D eigenvalue weighted by Gasteiger charge is 2.15. The average molecular weight is 256 g/mol. The third-order valence-corrected chi connectivity index (χ3v) is 3.07. The Morgan fingerprint density at radius 2 is 1.78 bits per heavy atom. The summed E-state index contributed by atoms with van der Waals surface area (Å²) in [5, 5.41) is 2.89.